The van der Waals surface area contributed by atoms with Crippen LogP contribution >= 0.6 is 11.6 Å². The lowest BCUT2D eigenvalue weighted by atomic mass is 10.3. The van der Waals surface area contributed by atoms with E-state index in [-0.39, 0.29) is 5.56 Å². The van der Waals surface area contributed by atoms with Gasteiger partial charge in [0.25, 0.3) is 5.56 Å². The van der Waals surface area contributed by atoms with Crippen LogP contribution in [0.5, 0.6) is 0 Å². The summed E-state index contributed by atoms with van der Waals surface area (Å²) in [7, 11) is 0. The minimum atomic E-state index is -0.229. The van der Waals surface area contributed by atoms with Crippen molar-refractivity contribution >= 4 is 22.8 Å². The molecular formula is C11H7ClN4O. The molecule has 17 heavy (non-hydrogen) atoms. The zero-order chi connectivity index (χ0) is 11.8. The molecule has 2 aromatic heterocycles. The quantitative estimate of drug-likeness (QED) is 0.712. The average molecular weight is 247 g/mol. The number of nitrogens with zero attached hydrogens (tertiary/aromatic N) is 3. The molecule has 0 radical (unpaired) electrons. The maximum atomic E-state index is 11.7. The Morgan fingerprint density at radius 2 is 2.18 bits per heavy atom. The van der Waals surface area contributed by atoms with Gasteiger partial charge in [0.1, 0.15) is 6.33 Å². The number of rotatable bonds is 1. The van der Waals surface area contributed by atoms with Gasteiger partial charge in [0.15, 0.2) is 11.2 Å². The van der Waals surface area contributed by atoms with Gasteiger partial charge in [-0.25, -0.2) is 9.97 Å². The number of hydrogen-bond donors (Lipinski definition) is 1. The zero-order valence-corrected chi connectivity index (χ0v) is 9.35. The average Bonchev–Trinajstić information content (AvgIpc) is 2.74. The van der Waals surface area contributed by atoms with Crippen molar-refractivity contribution in [1.82, 2.24) is 19.5 Å². The predicted octanol–water partition coefficient (Wildman–Crippen LogP) is 1.76. The van der Waals surface area contributed by atoms with Crippen molar-refractivity contribution in [1.29, 1.82) is 0 Å². The number of aromatic amines is 1. The van der Waals surface area contributed by atoms with E-state index < -0.39 is 0 Å². The molecule has 0 amide bonds. The molecule has 0 aliphatic heterocycles. The molecule has 5 nitrogen and oxygen atoms in total. The van der Waals surface area contributed by atoms with E-state index in [1.54, 1.807) is 23.0 Å². The highest BCUT2D eigenvalue weighted by atomic mass is 35.5. The maximum Gasteiger partial charge on any atom is 0.277 e. The first-order chi connectivity index (χ1) is 8.25. The Bertz CT molecular complexity index is 746. The number of halogens is 1. The van der Waals surface area contributed by atoms with Gasteiger partial charge in [-0.1, -0.05) is 17.7 Å². The number of benzene rings is 1. The van der Waals surface area contributed by atoms with Crippen molar-refractivity contribution in [3.63, 3.8) is 0 Å². The Morgan fingerprint density at radius 1 is 1.29 bits per heavy atom. The van der Waals surface area contributed by atoms with Crippen molar-refractivity contribution < 1.29 is 0 Å². The monoisotopic (exact) mass is 246 g/mol. The van der Waals surface area contributed by atoms with Crippen LogP contribution in [-0.2, 0) is 0 Å². The van der Waals surface area contributed by atoms with Gasteiger partial charge in [0.2, 0.25) is 0 Å². The molecule has 3 aromatic rings. The van der Waals surface area contributed by atoms with Gasteiger partial charge >= 0.3 is 0 Å². The van der Waals surface area contributed by atoms with Crippen molar-refractivity contribution in [2.45, 2.75) is 0 Å². The molecule has 0 spiro atoms. The summed E-state index contributed by atoms with van der Waals surface area (Å²) >= 11 is 5.92. The first-order valence-electron chi connectivity index (χ1n) is 4.92. The third-order valence-electron chi connectivity index (χ3n) is 2.43. The maximum absolute atomic E-state index is 11.7. The van der Waals surface area contributed by atoms with E-state index in [4.69, 9.17) is 11.6 Å². The first kappa shape index (κ1) is 10.0. The molecule has 0 unspecified atom stereocenters. The van der Waals surface area contributed by atoms with E-state index in [1.807, 2.05) is 12.1 Å². The van der Waals surface area contributed by atoms with Crippen molar-refractivity contribution in [3.8, 4) is 5.69 Å². The molecule has 0 bridgehead atoms. The van der Waals surface area contributed by atoms with E-state index in [0.29, 0.717) is 16.2 Å². The van der Waals surface area contributed by atoms with Crippen LogP contribution in [0.3, 0.4) is 0 Å². The SMILES string of the molecule is O=c1[nH]cnc2ncn(-c3cccc(Cl)c3)c12. The van der Waals surface area contributed by atoms with E-state index in [0.717, 1.165) is 5.69 Å². The molecule has 0 aliphatic rings. The number of hydrogen-bond acceptors (Lipinski definition) is 3. The van der Waals surface area contributed by atoms with Crippen LogP contribution in [0.25, 0.3) is 16.9 Å². The third kappa shape index (κ3) is 1.60. The molecule has 84 valence electrons. The second kappa shape index (κ2) is 3.71. The van der Waals surface area contributed by atoms with Crippen LogP contribution in [-0.4, -0.2) is 19.5 Å². The number of aromatic nitrogens is 4. The van der Waals surface area contributed by atoms with Crippen LogP contribution in [0.4, 0.5) is 0 Å². The van der Waals surface area contributed by atoms with Gasteiger partial charge in [0, 0.05) is 10.7 Å². The van der Waals surface area contributed by atoms with Crippen LogP contribution in [0.15, 0.2) is 41.7 Å². The molecule has 2 heterocycles. The van der Waals surface area contributed by atoms with E-state index in [9.17, 15) is 4.79 Å². The highest BCUT2D eigenvalue weighted by Gasteiger charge is 2.08. The second-order valence-electron chi connectivity index (χ2n) is 3.50. The van der Waals surface area contributed by atoms with E-state index in [1.165, 1.54) is 6.33 Å². The van der Waals surface area contributed by atoms with Crippen molar-refractivity contribution in [2.24, 2.45) is 0 Å². The molecule has 6 heteroatoms. The third-order valence-corrected chi connectivity index (χ3v) is 2.67. The highest BCUT2D eigenvalue weighted by Crippen LogP contribution is 2.17. The smallest absolute Gasteiger partial charge is 0.277 e. The standard InChI is InChI=1S/C11H7ClN4O/c12-7-2-1-3-8(4-7)16-6-15-10-9(16)11(17)14-5-13-10/h1-6H,(H,13,14,17). The molecule has 0 saturated heterocycles. The molecule has 0 aliphatic carbocycles. The summed E-state index contributed by atoms with van der Waals surface area (Å²) in [5, 5.41) is 0.602. The molecule has 1 N–H and O–H groups in total. The topological polar surface area (TPSA) is 63.6 Å². The van der Waals surface area contributed by atoms with Crippen LogP contribution in [0.2, 0.25) is 5.02 Å². The fourth-order valence-corrected chi connectivity index (χ4v) is 1.87. The van der Waals surface area contributed by atoms with Gasteiger partial charge in [0.05, 0.1) is 6.33 Å². The van der Waals surface area contributed by atoms with E-state index in [2.05, 4.69) is 15.0 Å². The lowest BCUT2D eigenvalue weighted by Crippen LogP contribution is -2.10. The fraction of sp³-hybridized carbons (Fsp3) is 0. The number of imidazole rings is 1. The minimum absolute atomic E-state index is 0.229. The molecule has 0 saturated carbocycles. The van der Waals surface area contributed by atoms with Gasteiger partial charge in [-0.2, -0.15) is 0 Å². The minimum Gasteiger partial charge on any atom is -0.311 e. The Kier molecular flexibility index (Phi) is 2.19. The molecule has 1 aromatic carbocycles. The van der Waals surface area contributed by atoms with Gasteiger partial charge in [-0.3, -0.25) is 9.36 Å². The van der Waals surface area contributed by atoms with E-state index >= 15 is 0 Å². The number of nitrogens with one attached hydrogen (secondary N) is 1. The van der Waals surface area contributed by atoms with Crippen molar-refractivity contribution in [3.05, 3.63) is 52.3 Å². The summed E-state index contributed by atoms with van der Waals surface area (Å²) < 4.78 is 1.66. The molecule has 0 fully saturated rings. The van der Waals surface area contributed by atoms with Gasteiger partial charge in [-0.15, -0.1) is 0 Å². The summed E-state index contributed by atoms with van der Waals surface area (Å²) in [4.78, 5) is 22.3. The second-order valence-corrected chi connectivity index (χ2v) is 3.93. The fourth-order valence-electron chi connectivity index (χ4n) is 1.69. The Balaban J connectivity index is 2.35. The Morgan fingerprint density at radius 3 is 3.00 bits per heavy atom. The van der Waals surface area contributed by atoms with Gasteiger partial charge < -0.3 is 4.98 Å². The Labute approximate surface area is 101 Å². The lowest BCUT2D eigenvalue weighted by Gasteiger charge is -2.03. The number of fused-ring (bicyclic) bond motifs is 1. The number of H-pyrrole nitrogens is 1. The predicted molar refractivity (Wildman–Crippen MR) is 64.5 cm³/mol. The molecular weight excluding hydrogens is 240 g/mol. The van der Waals surface area contributed by atoms with Crippen LogP contribution in [0.1, 0.15) is 0 Å². The summed E-state index contributed by atoms with van der Waals surface area (Å²) in [5.74, 6) is 0. The normalized spacial score (nSPS) is 10.9. The first-order valence-corrected chi connectivity index (χ1v) is 5.30. The Hall–Kier alpha value is -2.14. The lowest BCUT2D eigenvalue weighted by molar-refractivity contribution is 1.07. The summed E-state index contributed by atoms with van der Waals surface area (Å²) in [6.45, 7) is 0. The molecule has 0 atom stereocenters. The van der Waals surface area contributed by atoms with Crippen LogP contribution < -0.4 is 5.56 Å². The highest BCUT2D eigenvalue weighted by molar-refractivity contribution is 6.30. The van der Waals surface area contributed by atoms with Crippen LogP contribution in [0, 0.1) is 0 Å². The molecule has 3 rings (SSSR count). The summed E-state index contributed by atoms with van der Waals surface area (Å²) in [6.07, 6.45) is 2.89. The van der Waals surface area contributed by atoms with Gasteiger partial charge in [-0.05, 0) is 18.2 Å². The zero-order valence-electron chi connectivity index (χ0n) is 8.59. The largest absolute Gasteiger partial charge is 0.311 e. The van der Waals surface area contributed by atoms with Crippen molar-refractivity contribution in [2.75, 3.05) is 0 Å². The summed E-state index contributed by atoms with van der Waals surface area (Å²) in [5.41, 5.74) is 1.37. The summed E-state index contributed by atoms with van der Waals surface area (Å²) in [6, 6.07) is 7.19.